The molecular weight excluding hydrogens is 1260 g/mol. The van der Waals surface area contributed by atoms with E-state index in [2.05, 4.69) is 21.3 Å². The molecule has 6 amide bonds. The van der Waals surface area contributed by atoms with E-state index in [1.54, 1.807) is 86.1 Å². The van der Waals surface area contributed by atoms with Gasteiger partial charge in [0.05, 0.1) is 49.8 Å². The second kappa shape index (κ2) is 40.5. The molecule has 98 heavy (non-hydrogen) atoms. The predicted octanol–water partition coefficient (Wildman–Crippen LogP) is 7.58. The van der Waals surface area contributed by atoms with Crippen LogP contribution in [0.2, 0.25) is 0 Å². The Bertz CT molecular complexity index is 2940. The van der Waals surface area contributed by atoms with Crippen molar-refractivity contribution in [3.63, 3.8) is 0 Å². The average Bonchev–Trinajstić information content (AvgIpc) is 0.774. The van der Waals surface area contributed by atoms with E-state index in [1.807, 2.05) is 58.1 Å². The number of ether oxygens (including phenoxy) is 7. The average molecular weight is 1380 g/mol. The van der Waals surface area contributed by atoms with Gasteiger partial charge in [0.2, 0.25) is 17.6 Å². The van der Waals surface area contributed by atoms with Crippen LogP contribution in [-0.2, 0) is 73.3 Å². The smallest absolute Gasteiger partial charge is 0.409 e. The Morgan fingerprint density at radius 3 is 2.23 bits per heavy atom. The van der Waals surface area contributed by atoms with Gasteiger partial charge in [-0.3, -0.25) is 34.1 Å². The number of primary amides is 1. The van der Waals surface area contributed by atoms with E-state index >= 15 is 0 Å². The fourth-order valence-corrected chi connectivity index (χ4v) is 13.3. The number of nitrogens with zero attached hydrogens (tertiary/aromatic N) is 1. The van der Waals surface area contributed by atoms with Crippen LogP contribution in [0.15, 0.2) is 71.9 Å². The summed E-state index contributed by atoms with van der Waals surface area (Å²) in [5, 5.41) is 34.1. The molecule has 1 unspecified atom stereocenters. The van der Waals surface area contributed by atoms with Crippen molar-refractivity contribution < 1.29 is 86.5 Å². The Labute approximate surface area is 579 Å². The molecule has 2 saturated heterocycles. The molecule has 1 aromatic carbocycles. The number of carbonyl (C=O) groups excluding carboxylic acids is 9. The van der Waals surface area contributed by atoms with Crippen LogP contribution < -0.4 is 32.7 Å². The van der Waals surface area contributed by atoms with Crippen LogP contribution in [-0.4, -0.2) is 176 Å². The van der Waals surface area contributed by atoms with Gasteiger partial charge in [-0.15, -0.1) is 0 Å². The molecule has 25 heteroatoms. The van der Waals surface area contributed by atoms with Gasteiger partial charge in [0.1, 0.15) is 43.1 Å². The third-order valence-electron chi connectivity index (χ3n) is 19.6. The number of allylic oxidation sites excluding steroid dienone is 6. The second-order valence-corrected chi connectivity index (χ2v) is 27.8. The largest absolute Gasteiger partial charge is 0.460 e. The lowest BCUT2D eigenvalue weighted by Crippen LogP contribution is -2.61. The molecule has 0 spiro atoms. The number of nitrogens with two attached hydrogens (primary N) is 2. The van der Waals surface area contributed by atoms with Gasteiger partial charge < -0.3 is 75.7 Å². The Morgan fingerprint density at radius 1 is 0.827 bits per heavy atom. The van der Waals surface area contributed by atoms with E-state index in [9.17, 15) is 53.4 Å². The summed E-state index contributed by atoms with van der Waals surface area (Å²) < 4.78 is 41.7. The van der Waals surface area contributed by atoms with Crippen LogP contribution in [0.25, 0.3) is 0 Å². The number of aliphatic hydroxyl groups excluding tert-OH is 1. The number of hydrogen-bond donors (Lipinski definition) is 8. The van der Waals surface area contributed by atoms with Gasteiger partial charge in [-0.25, -0.2) is 14.4 Å². The number of piperidine rings is 1. The number of methoxy groups -OCH3 is 2. The quantitative estimate of drug-likeness (QED) is 0.0182. The number of cyclic esters (lactones) is 1. The summed E-state index contributed by atoms with van der Waals surface area (Å²) in [6, 6.07) is 2.92. The SMILES string of the molecule is CO[C@H]1C[C@@H]2CC[C@@H](C)[C@@](O)(O2)C(=O)C(=O)N2CCCCC2C(=O)O[C@H]([C@@H](C)C[C@H]2CC[C@@H](OCCOCNC(=O)OCc3ccc(NC(=O)[C@H](CCCNC(N)=O)NC(=O)[C@@H](N)C(C)C)cc3)[C@H](OC)C2)CC(=O)[C@H](C)/C=C(\C)[C@@H](O)[C@@H](C)C(=O)[C@H](C)C[C@H](C)/C=C/C=C/C=C/1C. The number of ketones is 3. The minimum absolute atomic E-state index is 0.0367. The maximum absolute atomic E-state index is 14.7. The zero-order valence-electron chi connectivity index (χ0n) is 59.8. The summed E-state index contributed by atoms with van der Waals surface area (Å²) in [7, 11) is 3.18. The topological polar surface area (TPSA) is 362 Å². The number of hydrogen-bond acceptors (Lipinski definition) is 19. The van der Waals surface area contributed by atoms with Crippen molar-refractivity contribution in [1.29, 1.82) is 0 Å². The Morgan fingerprint density at radius 2 is 1.55 bits per heavy atom. The fraction of sp³-hybridized carbons (Fsp3) is 0.685. The lowest BCUT2D eigenvalue weighted by molar-refractivity contribution is -0.265. The predicted molar refractivity (Wildman–Crippen MR) is 368 cm³/mol. The molecule has 4 aliphatic rings. The number of nitrogens with one attached hydrogen (secondary N) is 4. The number of amides is 6. The van der Waals surface area contributed by atoms with Gasteiger partial charge in [0, 0.05) is 69.5 Å². The molecule has 1 aromatic rings. The van der Waals surface area contributed by atoms with E-state index in [-0.39, 0.29) is 106 Å². The van der Waals surface area contributed by atoms with Crippen LogP contribution in [0, 0.1) is 47.3 Å². The van der Waals surface area contributed by atoms with E-state index in [4.69, 9.17) is 44.6 Å². The van der Waals surface area contributed by atoms with Crippen LogP contribution in [0.5, 0.6) is 0 Å². The third-order valence-corrected chi connectivity index (χ3v) is 19.6. The number of carbonyl (C=O) groups is 9. The van der Waals surface area contributed by atoms with Crippen molar-refractivity contribution in [2.45, 2.75) is 226 Å². The fourth-order valence-electron chi connectivity index (χ4n) is 13.3. The normalized spacial score (nSPS) is 31.2. The Hall–Kier alpha value is -6.71. The summed E-state index contributed by atoms with van der Waals surface area (Å²) >= 11 is 0. The molecule has 1 aliphatic carbocycles. The summed E-state index contributed by atoms with van der Waals surface area (Å²) in [5.41, 5.74) is 13.5. The lowest BCUT2D eigenvalue weighted by atomic mass is 9.78. The molecule has 3 fully saturated rings. The molecule has 0 aromatic heterocycles. The van der Waals surface area contributed by atoms with Crippen molar-refractivity contribution >= 4 is 58.9 Å². The van der Waals surface area contributed by atoms with Crippen molar-refractivity contribution in [1.82, 2.24) is 20.9 Å². The molecule has 548 valence electrons. The summed E-state index contributed by atoms with van der Waals surface area (Å²) in [6.45, 7) is 18.4. The van der Waals surface area contributed by atoms with E-state index < -0.39 is 114 Å². The molecule has 2 bridgehead atoms. The molecule has 10 N–H and O–H groups in total. The van der Waals surface area contributed by atoms with Crippen LogP contribution in [0.4, 0.5) is 15.3 Å². The standard InChI is InChI=1S/C73H113N7O18/c1-43(2)63(74)68(86)79-56(21-18-31-76-71(75)89)67(85)78-54-27-24-52(25-28-54)41-96-72(90)77-42-94-33-34-95-59-30-26-53(38-62(59)93-12)37-47(6)61-40-58(81)46(5)36-49(8)65(83)51(10)64(82)48(7)35-44(3)19-14-13-15-20-45(4)60(92-11)39-55-29-23-50(9)73(91,98-55)66(84)69(87)80-32-17-16-22-57(80)70(88)97-61/h13-15,19-20,24-25,27-28,36,43-44,46-48,50-51,53,55-57,59-63,65,83,91H,16-18,21-23,26,29-35,37-42,74H2,1-12H3,(H,77,90)(H,78,85)(H,79,86)(H3,75,76,89)/b15-13+,19-14+,45-20+,49-36+/t44-,46-,47+,48-,50-,51+,53-,55+,56+,57?,59-,60+,61+,62-,63+,65-,73-/m1/s1. The molecule has 25 nitrogen and oxygen atoms in total. The molecule has 17 atom stereocenters. The van der Waals surface area contributed by atoms with Gasteiger partial charge in [-0.05, 0) is 143 Å². The molecule has 0 radical (unpaired) electrons. The maximum Gasteiger partial charge on any atom is 0.409 e. The zero-order chi connectivity index (χ0) is 72.4. The number of benzene rings is 1. The maximum atomic E-state index is 14.7. The minimum Gasteiger partial charge on any atom is -0.460 e. The Kier molecular flexibility index (Phi) is 33.9. The number of Topliss-reactive ketones (excluding diaryl/α,β-unsaturated/α-hetero) is 3. The first-order valence-corrected chi connectivity index (χ1v) is 35.0. The number of urea groups is 1. The van der Waals surface area contributed by atoms with Crippen LogP contribution in [0.3, 0.4) is 0 Å². The highest BCUT2D eigenvalue weighted by molar-refractivity contribution is 6.39. The van der Waals surface area contributed by atoms with Crippen molar-refractivity contribution in [2.24, 2.45) is 58.8 Å². The Balaban J connectivity index is 1.20. The highest BCUT2D eigenvalue weighted by Gasteiger charge is 2.53. The summed E-state index contributed by atoms with van der Waals surface area (Å²) in [5.74, 6) is -9.91. The van der Waals surface area contributed by atoms with Crippen molar-refractivity contribution in [3.8, 4) is 0 Å². The van der Waals surface area contributed by atoms with Crippen LogP contribution >= 0.6 is 0 Å². The molecular formula is C73H113N7O18. The van der Waals surface area contributed by atoms with Gasteiger partial charge in [0.15, 0.2) is 0 Å². The number of aliphatic hydroxyl groups is 2. The van der Waals surface area contributed by atoms with Gasteiger partial charge >= 0.3 is 18.1 Å². The number of rotatable bonds is 22. The molecule has 5 rings (SSSR count). The number of fused-ring (bicyclic) bond motifs is 3. The first kappa shape index (κ1) is 82.0. The van der Waals surface area contributed by atoms with Gasteiger partial charge in [-0.2, -0.15) is 0 Å². The van der Waals surface area contributed by atoms with E-state index in [0.717, 1.165) is 5.57 Å². The molecule has 3 heterocycles. The zero-order valence-corrected chi connectivity index (χ0v) is 59.8. The number of alkyl carbamates (subject to hydrolysis) is 1. The summed E-state index contributed by atoms with van der Waals surface area (Å²) in [4.78, 5) is 123. The third kappa shape index (κ3) is 25.2. The van der Waals surface area contributed by atoms with Crippen molar-refractivity contribution in [3.05, 3.63) is 77.4 Å². The lowest BCUT2D eigenvalue weighted by Gasteiger charge is -2.42. The van der Waals surface area contributed by atoms with E-state index in [0.29, 0.717) is 87.5 Å². The second-order valence-electron chi connectivity index (χ2n) is 27.8. The minimum atomic E-state index is -2.47. The van der Waals surface area contributed by atoms with Crippen molar-refractivity contribution in [2.75, 3.05) is 52.6 Å². The first-order chi connectivity index (χ1) is 46.5. The number of anilines is 1. The molecule has 3 aliphatic heterocycles. The number of esters is 1. The van der Waals surface area contributed by atoms with Crippen LogP contribution in [0.1, 0.15) is 165 Å². The van der Waals surface area contributed by atoms with E-state index in [1.165, 1.54) is 4.90 Å². The highest BCUT2D eigenvalue weighted by Crippen LogP contribution is 2.38. The van der Waals surface area contributed by atoms with Gasteiger partial charge in [-0.1, -0.05) is 104 Å². The van der Waals surface area contributed by atoms with Gasteiger partial charge in [0.25, 0.3) is 11.7 Å². The highest BCUT2D eigenvalue weighted by atomic mass is 16.6. The molecule has 1 saturated carbocycles. The summed E-state index contributed by atoms with van der Waals surface area (Å²) in [6.07, 6.45) is 12.4. The monoisotopic (exact) mass is 1380 g/mol. The first-order valence-electron chi connectivity index (χ1n) is 35.0.